The molecular weight excluding hydrogens is 590 g/mol. The maximum Gasteiger partial charge on any atom is 0.226 e. The number of fused-ring (bicyclic) bond motifs is 7. The van der Waals surface area contributed by atoms with Gasteiger partial charge in [0.05, 0.1) is 5.41 Å². The van der Waals surface area contributed by atoms with Crippen molar-refractivity contribution in [2.24, 2.45) is 74.0 Å². The number of carbonyl (C=O) groups excluding carboxylic acids is 2. The minimum Gasteiger partial charge on any atom is -0.356 e. The van der Waals surface area contributed by atoms with Gasteiger partial charge in [0.25, 0.3) is 0 Å². The fourth-order valence-electron chi connectivity index (χ4n) is 13.9. The van der Waals surface area contributed by atoms with E-state index < -0.39 is 0 Å². The summed E-state index contributed by atoms with van der Waals surface area (Å²) in [6, 6.07) is 0. The molecule has 5 fully saturated rings. The Morgan fingerprint density at radius 3 is 2.12 bits per heavy atom. The second-order valence-corrected chi connectivity index (χ2v) is 19.2. The van der Waals surface area contributed by atoms with Crippen LogP contribution in [0.4, 0.5) is 0 Å². The highest BCUT2D eigenvalue weighted by atomic mass is 16.2. The molecule has 5 rings (SSSR count). The Bertz CT molecular complexity index is 1160. The Balaban J connectivity index is 1.24. The predicted octanol–water partition coefficient (Wildman–Crippen LogP) is 9.37. The van der Waals surface area contributed by atoms with E-state index in [0.29, 0.717) is 41.3 Å². The molecule has 0 saturated heterocycles. The van der Waals surface area contributed by atoms with E-state index in [4.69, 9.17) is 11.5 Å². The normalized spacial score (nSPS) is 40.1. The SMILES string of the molecule is C=C(C)[C@@H]1CC[C@]2(C(=O)NCCCCCCC(CCCN)CCCN)CC[C@]3(C)[C@H](CC[C@@H]4[C@@]5(C)CCC(=O)C(C)(C)[C@@H]5CC[C@]43C)[C@@H]12. The van der Waals surface area contributed by atoms with E-state index in [1.807, 2.05) is 0 Å². The molecule has 0 aromatic rings. The van der Waals surface area contributed by atoms with Crippen LogP contribution < -0.4 is 16.8 Å². The van der Waals surface area contributed by atoms with Crippen molar-refractivity contribution in [3.8, 4) is 0 Å². The quantitative estimate of drug-likeness (QED) is 0.120. The average molecular weight is 666 g/mol. The molecule has 0 aliphatic heterocycles. The van der Waals surface area contributed by atoms with Gasteiger partial charge in [-0.15, -0.1) is 0 Å². The topological polar surface area (TPSA) is 98.2 Å². The molecule has 48 heavy (non-hydrogen) atoms. The molecule has 9 atom stereocenters. The number of unbranched alkanes of at least 4 members (excludes halogenated alkanes) is 3. The molecule has 0 heterocycles. The zero-order valence-electron chi connectivity index (χ0n) is 32.2. The van der Waals surface area contributed by atoms with Crippen molar-refractivity contribution in [1.29, 1.82) is 0 Å². The largest absolute Gasteiger partial charge is 0.356 e. The van der Waals surface area contributed by atoms with Gasteiger partial charge < -0.3 is 16.8 Å². The Labute approximate surface area is 295 Å². The lowest BCUT2D eigenvalue weighted by molar-refractivity contribution is -0.233. The highest BCUT2D eigenvalue weighted by Crippen LogP contribution is 2.77. The van der Waals surface area contributed by atoms with Gasteiger partial charge in [-0.3, -0.25) is 9.59 Å². The smallest absolute Gasteiger partial charge is 0.226 e. The first kappa shape index (κ1) is 38.0. The third-order valence-corrected chi connectivity index (χ3v) is 16.7. The zero-order valence-corrected chi connectivity index (χ0v) is 32.2. The van der Waals surface area contributed by atoms with Crippen LogP contribution in [0.1, 0.15) is 164 Å². The molecule has 274 valence electrons. The summed E-state index contributed by atoms with van der Waals surface area (Å²) >= 11 is 0. The van der Waals surface area contributed by atoms with Gasteiger partial charge in [-0.05, 0) is 162 Å². The van der Waals surface area contributed by atoms with Crippen LogP contribution in [0, 0.1) is 62.6 Å². The molecule has 0 radical (unpaired) electrons. The molecule has 5 heteroatoms. The fourth-order valence-corrected chi connectivity index (χ4v) is 13.9. The first-order chi connectivity index (χ1) is 22.7. The van der Waals surface area contributed by atoms with E-state index in [1.54, 1.807) is 0 Å². The van der Waals surface area contributed by atoms with E-state index in [0.717, 1.165) is 83.3 Å². The van der Waals surface area contributed by atoms with Crippen molar-refractivity contribution in [2.75, 3.05) is 19.6 Å². The Hall–Kier alpha value is -1.20. The van der Waals surface area contributed by atoms with Crippen molar-refractivity contribution >= 4 is 11.7 Å². The number of amides is 1. The monoisotopic (exact) mass is 666 g/mol. The van der Waals surface area contributed by atoms with Crippen LogP contribution in [0.25, 0.3) is 0 Å². The minimum atomic E-state index is -0.240. The van der Waals surface area contributed by atoms with Crippen LogP contribution in [-0.2, 0) is 9.59 Å². The molecule has 0 aromatic carbocycles. The Kier molecular flexibility index (Phi) is 11.7. The standard InChI is InChI=1S/C43H75N3O2/c1-30(2)32-19-24-43(38(48)46-29-11-9-8-10-14-31(15-12-27-44)16-13-28-45)26-25-41(6)33(37(32)43)17-18-35-40(5)22-21-36(47)39(3,4)34(40)20-23-42(35,41)7/h31-35,37H,1,8-29,44-45H2,2-7H3,(H,46,48)/t32-,33+,34-,35+,37+,40-,41+,42+,43-/m0/s1. The van der Waals surface area contributed by atoms with Crippen LogP contribution in [0.2, 0.25) is 0 Å². The van der Waals surface area contributed by atoms with Crippen molar-refractivity contribution < 1.29 is 9.59 Å². The van der Waals surface area contributed by atoms with Crippen LogP contribution in [0.15, 0.2) is 12.2 Å². The number of Topliss-reactive ketones (excluding diaryl/α,β-unsaturated/α-hetero) is 1. The highest BCUT2D eigenvalue weighted by molar-refractivity contribution is 5.85. The summed E-state index contributed by atoms with van der Waals surface area (Å²) in [4.78, 5) is 27.6. The maximum absolute atomic E-state index is 14.4. The van der Waals surface area contributed by atoms with E-state index in [1.165, 1.54) is 69.8 Å². The lowest BCUT2D eigenvalue weighted by atomic mass is 9.32. The third kappa shape index (κ3) is 6.41. The van der Waals surface area contributed by atoms with Gasteiger partial charge in [0.15, 0.2) is 0 Å². The maximum atomic E-state index is 14.4. The second-order valence-electron chi connectivity index (χ2n) is 19.2. The van der Waals surface area contributed by atoms with Gasteiger partial charge in [-0.1, -0.05) is 72.5 Å². The molecule has 5 N–H and O–H groups in total. The van der Waals surface area contributed by atoms with Crippen molar-refractivity contribution in [2.45, 2.75) is 164 Å². The lowest BCUT2D eigenvalue weighted by Crippen LogP contribution is -2.67. The molecular formula is C43H75N3O2. The number of nitrogens with two attached hydrogens (primary N) is 2. The first-order valence-electron chi connectivity index (χ1n) is 20.6. The number of nitrogens with one attached hydrogen (secondary N) is 1. The molecule has 5 saturated carbocycles. The summed E-state index contributed by atoms with van der Waals surface area (Å²) < 4.78 is 0. The molecule has 0 unspecified atom stereocenters. The first-order valence-corrected chi connectivity index (χ1v) is 20.6. The predicted molar refractivity (Wildman–Crippen MR) is 200 cm³/mol. The minimum absolute atomic E-state index is 0.209. The summed E-state index contributed by atoms with van der Waals surface area (Å²) in [6.07, 6.45) is 21.8. The lowest BCUT2D eigenvalue weighted by Gasteiger charge is -2.72. The zero-order chi connectivity index (χ0) is 35.0. The number of carbonyl (C=O) groups is 2. The molecule has 0 aromatic heterocycles. The van der Waals surface area contributed by atoms with Crippen LogP contribution in [0.3, 0.4) is 0 Å². The van der Waals surface area contributed by atoms with Gasteiger partial charge in [-0.2, -0.15) is 0 Å². The van der Waals surface area contributed by atoms with Crippen molar-refractivity contribution in [3.05, 3.63) is 12.2 Å². The number of rotatable bonds is 15. The summed E-state index contributed by atoms with van der Waals surface area (Å²) in [5, 5.41) is 3.53. The summed E-state index contributed by atoms with van der Waals surface area (Å²) in [7, 11) is 0. The average Bonchev–Trinajstić information content (AvgIpc) is 3.45. The third-order valence-electron chi connectivity index (χ3n) is 16.7. The van der Waals surface area contributed by atoms with Crippen LogP contribution >= 0.6 is 0 Å². The number of allylic oxidation sites excluding steroid dienone is 1. The van der Waals surface area contributed by atoms with E-state index >= 15 is 0 Å². The van der Waals surface area contributed by atoms with Gasteiger partial charge in [0.1, 0.15) is 5.78 Å². The van der Waals surface area contributed by atoms with Crippen molar-refractivity contribution in [1.82, 2.24) is 5.32 Å². The van der Waals surface area contributed by atoms with Crippen LogP contribution in [0.5, 0.6) is 0 Å². The summed E-state index contributed by atoms with van der Waals surface area (Å²) in [5.74, 6) is 4.17. The van der Waals surface area contributed by atoms with Crippen LogP contribution in [-0.4, -0.2) is 31.3 Å². The second kappa shape index (κ2) is 14.8. The van der Waals surface area contributed by atoms with Gasteiger partial charge >= 0.3 is 0 Å². The Morgan fingerprint density at radius 1 is 0.792 bits per heavy atom. The van der Waals surface area contributed by atoms with E-state index in [9.17, 15) is 9.59 Å². The van der Waals surface area contributed by atoms with Gasteiger partial charge in [0, 0.05) is 18.4 Å². The molecule has 5 aliphatic rings. The van der Waals surface area contributed by atoms with Crippen molar-refractivity contribution in [3.63, 3.8) is 0 Å². The Morgan fingerprint density at radius 2 is 1.46 bits per heavy atom. The van der Waals surface area contributed by atoms with Gasteiger partial charge in [-0.25, -0.2) is 0 Å². The molecule has 5 aliphatic carbocycles. The van der Waals surface area contributed by atoms with Gasteiger partial charge in [0.2, 0.25) is 5.91 Å². The molecule has 5 nitrogen and oxygen atoms in total. The molecule has 0 spiro atoms. The fraction of sp³-hybridized carbons (Fsp3) is 0.907. The number of hydrogen-bond donors (Lipinski definition) is 3. The summed E-state index contributed by atoms with van der Waals surface area (Å²) in [5.41, 5.74) is 13.1. The molecule has 1 amide bonds. The summed E-state index contributed by atoms with van der Waals surface area (Å²) in [6.45, 7) is 21.6. The van der Waals surface area contributed by atoms with E-state index in [2.05, 4.69) is 53.4 Å². The number of ketones is 1. The highest BCUT2D eigenvalue weighted by Gasteiger charge is 2.71. The molecule has 0 bridgehead atoms. The van der Waals surface area contributed by atoms with E-state index in [-0.39, 0.29) is 27.1 Å². The number of hydrogen-bond acceptors (Lipinski definition) is 4.